The first-order valence-corrected chi connectivity index (χ1v) is 5.78. The molecule has 2 rings (SSSR count). The molecule has 0 bridgehead atoms. The molecule has 1 heterocycles. The second-order valence-electron chi connectivity index (χ2n) is 3.64. The summed E-state index contributed by atoms with van der Waals surface area (Å²) in [6, 6.07) is 2.01. The van der Waals surface area contributed by atoms with Crippen LogP contribution in [0.2, 0.25) is 0 Å². The lowest BCUT2D eigenvalue weighted by Gasteiger charge is -2.01. The van der Waals surface area contributed by atoms with E-state index < -0.39 is 0 Å². The van der Waals surface area contributed by atoms with Crippen LogP contribution < -0.4 is 0 Å². The molecule has 0 saturated heterocycles. The summed E-state index contributed by atoms with van der Waals surface area (Å²) in [7, 11) is 0. The standard InChI is InChI=1S/C11H12BrNO2/c1-2-15-11(14)10-4-9(10)7-3-8(12)6-13-5-7/h3,5-6,9-10H,2,4H2,1H3/t9?,10-/m0/s1. The third-order valence-corrected chi connectivity index (χ3v) is 2.97. The fraction of sp³-hybridized carbons (Fsp3) is 0.455. The van der Waals surface area contributed by atoms with Crippen molar-refractivity contribution in [3.05, 3.63) is 28.5 Å². The number of rotatable bonds is 3. The van der Waals surface area contributed by atoms with Crippen molar-refractivity contribution in [1.82, 2.24) is 4.98 Å². The van der Waals surface area contributed by atoms with Crippen LogP contribution >= 0.6 is 15.9 Å². The van der Waals surface area contributed by atoms with Gasteiger partial charge < -0.3 is 4.74 Å². The highest BCUT2D eigenvalue weighted by Gasteiger charge is 2.45. The van der Waals surface area contributed by atoms with Crippen molar-refractivity contribution in [3.63, 3.8) is 0 Å². The van der Waals surface area contributed by atoms with Gasteiger partial charge in [0.2, 0.25) is 0 Å². The molecule has 1 unspecified atom stereocenters. The number of hydrogen-bond donors (Lipinski definition) is 0. The average molecular weight is 270 g/mol. The van der Waals surface area contributed by atoms with E-state index in [1.165, 1.54) is 0 Å². The zero-order valence-electron chi connectivity index (χ0n) is 8.44. The Morgan fingerprint density at radius 1 is 1.67 bits per heavy atom. The highest BCUT2D eigenvalue weighted by Crippen LogP contribution is 2.48. The Morgan fingerprint density at radius 3 is 3.13 bits per heavy atom. The third kappa shape index (κ3) is 2.37. The Kier molecular flexibility index (Phi) is 3.05. The van der Waals surface area contributed by atoms with E-state index in [2.05, 4.69) is 20.9 Å². The maximum atomic E-state index is 11.4. The molecule has 4 heteroatoms. The molecule has 15 heavy (non-hydrogen) atoms. The number of aromatic nitrogens is 1. The van der Waals surface area contributed by atoms with E-state index in [0.29, 0.717) is 12.5 Å². The monoisotopic (exact) mass is 269 g/mol. The number of esters is 1. The summed E-state index contributed by atoms with van der Waals surface area (Å²) in [6.07, 6.45) is 4.44. The summed E-state index contributed by atoms with van der Waals surface area (Å²) >= 11 is 3.37. The Bertz CT molecular complexity index is 381. The molecule has 1 aromatic rings. The van der Waals surface area contributed by atoms with Crippen molar-refractivity contribution in [2.24, 2.45) is 5.92 Å². The molecule has 1 aromatic heterocycles. The van der Waals surface area contributed by atoms with Gasteiger partial charge in [0.1, 0.15) is 0 Å². The first-order chi connectivity index (χ1) is 7.22. The predicted molar refractivity (Wildman–Crippen MR) is 59.4 cm³/mol. The maximum Gasteiger partial charge on any atom is 0.309 e. The van der Waals surface area contributed by atoms with Crippen molar-refractivity contribution in [2.75, 3.05) is 6.61 Å². The fourth-order valence-corrected chi connectivity index (χ4v) is 2.09. The van der Waals surface area contributed by atoms with Crippen molar-refractivity contribution in [3.8, 4) is 0 Å². The number of nitrogens with zero attached hydrogens (tertiary/aromatic N) is 1. The van der Waals surface area contributed by atoms with Crippen LogP contribution in [0.15, 0.2) is 22.9 Å². The molecule has 1 aliphatic carbocycles. The van der Waals surface area contributed by atoms with Crippen LogP contribution in [0.1, 0.15) is 24.8 Å². The maximum absolute atomic E-state index is 11.4. The van der Waals surface area contributed by atoms with Gasteiger partial charge in [0.25, 0.3) is 0 Å². The summed E-state index contributed by atoms with van der Waals surface area (Å²) in [6.45, 7) is 2.29. The molecule has 0 aromatic carbocycles. The van der Waals surface area contributed by atoms with Crippen LogP contribution in [0.25, 0.3) is 0 Å². The first-order valence-electron chi connectivity index (χ1n) is 4.99. The van der Waals surface area contributed by atoms with Crippen LogP contribution in [0.5, 0.6) is 0 Å². The fourth-order valence-electron chi connectivity index (χ4n) is 1.70. The lowest BCUT2D eigenvalue weighted by molar-refractivity contribution is -0.144. The summed E-state index contributed by atoms with van der Waals surface area (Å²) in [4.78, 5) is 15.5. The van der Waals surface area contributed by atoms with Gasteiger partial charge in [0.15, 0.2) is 0 Å². The van der Waals surface area contributed by atoms with E-state index >= 15 is 0 Å². The smallest absolute Gasteiger partial charge is 0.309 e. The van der Waals surface area contributed by atoms with Crippen molar-refractivity contribution in [2.45, 2.75) is 19.3 Å². The molecule has 1 saturated carbocycles. The number of halogens is 1. The molecule has 0 aliphatic heterocycles. The van der Waals surface area contributed by atoms with Crippen molar-refractivity contribution < 1.29 is 9.53 Å². The zero-order valence-corrected chi connectivity index (χ0v) is 10.0. The normalized spacial score (nSPS) is 23.6. The minimum absolute atomic E-state index is 0.0426. The number of carbonyl (C=O) groups excluding carboxylic acids is 1. The summed E-state index contributed by atoms with van der Waals surface area (Å²) in [5.41, 5.74) is 1.11. The Labute approximate surface area is 97.0 Å². The van der Waals surface area contributed by atoms with Gasteiger partial charge in [-0.15, -0.1) is 0 Å². The van der Waals surface area contributed by atoms with E-state index in [9.17, 15) is 4.79 Å². The molecular weight excluding hydrogens is 258 g/mol. The molecule has 0 radical (unpaired) electrons. The van der Waals surface area contributed by atoms with Crippen LogP contribution in [0.3, 0.4) is 0 Å². The van der Waals surface area contributed by atoms with Gasteiger partial charge in [-0.3, -0.25) is 9.78 Å². The molecule has 80 valence electrons. The predicted octanol–water partition coefficient (Wildman–Crippen LogP) is 2.51. The van der Waals surface area contributed by atoms with Gasteiger partial charge in [-0.25, -0.2) is 0 Å². The Hall–Kier alpha value is -0.900. The molecule has 3 nitrogen and oxygen atoms in total. The summed E-state index contributed by atoms with van der Waals surface area (Å²) in [5.74, 6) is 0.262. The van der Waals surface area contributed by atoms with E-state index in [1.54, 1.807) is 6.20 Å². The summed E-state index contributed by atoms with van der Waals surface area (Å²) in [5, 5.41) is 0. The second-order valence-corrected chi connectivity index (χ2v) is 4.55. The van der Waals surface area contributed by atoms with Gasteiger partial charge >= 0.3 is 5.97 Å². The SMILES string of the molecule is CCOC(=O)[C@H]1CC1c1cncc(Br)c1. The molecule has 0 N–H and O–H groups in total. The van der Waals surface area contributed by atoms with Crippen molar-refractivity contribution in [1.29, 1.82) is 0 Å². The van der Waals surface area contributed by atoms with Gasteiger partial charge in [0.05, 0.1) is 12.5 Å². The highest BCUT2D eigenvalue weighted by molar-refractivity contribution is 9.10. The molecule has 2 atom stereocenters. The van der Waals surface area contributed by atoms with Crippen LogP contribution in [-0.4, -0.2) is 17.6 Å². The second kappa shape index (κ2) is 4.31. The zero-order chi connectivity index (χ0) is 10.8. The Balaban J connectivity index is 2.01. The number of ether oxygens (including phenoxy) is 1. The molecule has 1 fully saturated rings. The molecule has 0 spiro atoms. The van der Waals surface area contributed by atoms with E-state index in [-0.39, 0.29) is 11.9 Å². The third-order valence-electron chi connectivity index (χ3n) is 2.53. The number of pyridine rings is 1. The van der Waals surface area contributed by atoms with Gasteiger partial charge in [-0.05, 0) is 46.8 Å². The lowest BCUT2D eigenvalue weighted by Crippen LogP contribution is -2.07. The van der Waals surface area contributed by atoms with Crippen molar-refractivity contribution >= 4 is 21.9 Å². The Morgan fingerprint density at radius 2 is 2.47 bits per heavy atom. The van der Waals surface area contributed by atoms with E-state index in [0.717, 1.165) is 16.5 Å². The van der Waals surface area contributed by atoms with E-state index in [1.807, 2.05) is 19.2 Å². The lowest BCUT2D eigenvalue weighted by atomic mass is 10.1. The van der Waals surface area contributed by atoms with Crippen LogP contribution in [0, 0.1) is 5.92 Å². The quantitative estimate of drug-likeness (QED) is 0.792. The van der Waals surface area contributed by atoms with Gasteiger partial charge in [-0.2, -0.15) is 0 Å². The summed E-state index contributed by atoms with van der Waals surface area (Å²) < 4.78 is 5.93. The largest absolute Gasteiger partial charge is 0.466 e. The molecule has 1 aliphatic rings. The first kappa shape index (κ1) is 10.6. The average Bonchev–Trinajstić information content (AvgIpc) is 2.97. The number of hydrogen-bond acceptors (Lipinski definition) is 3. The van der Waals surface area contributed by atoms with Crippen LogP contribution in [-0.2, 0) is 9.53 Å². The number of carbonyl (C=O) groups is 1. The molecular formula is C11H12BrNO2. The minimum atomic E-state index is -0.0810. The minimum Gasteiger partial charge on any atom is -0.466 e. The van der Waals surface area contributed by atoms with Gasteiger partial charge in [0, 0.05) is 16.9 Å². The topological polar surface area (TPSA) is 39.2 Å². The highest BCUT2D eigenvalue weighted by atomic mass is 79.9. The van der Waals surface area contributed by atoms with E-state index in [4.69, 9.17) is 4.74 Å². The van der Waals surface area contributed by atoms with Crippen LogP contribution in [0.4, 0.5) is 0 Å². The molecule has 0 amide bonds. The van der Waals surface area contributed by atoms with Gasteiger partial charge in [-0.1, -0.05) is 0 Å².